The molecule has 2 aromatic carbocycles. The Labute approximate surface area is 177 Å². The molecule has 3 rings (SSSR count). The maximum Gasteiger partial charge on any atom is 0.573 e. The van der Waals surface area contributed by atoms with Gasteiger partial charge in [-0.15, -0.1) is 13.2 Å². The fourth-order valence-electron chi connectivity index (χ4n) is 2.84. The van der Waals surface area contributed by atoms with Crippen LogP contribution in [0.3, 0.4) is 0 Å². The molecular formula is C22H22F3NO5. The zero-order valence-corrected chi connectivity index (χ0v) is 17.2. The third kappa shape index (κ3) is 6.14. The molecule has 2 aromatic rings. The number of hydrogen-bond acceptors (Lipinski definition) is 5. The van der Waals surface area contributed by atoms with Gasteiger partial charge in [0.2, 0.25) is 0 Å². The van der Waals surface area contributed by atoms with Gasteiger partial charge in [-0.3, -0.25) is 4.79 Å². The first-order valence-electron chi connectivity index (χ1n) is 9.43. The Morgan fingerprint density at radius 3 is 2.29 bits per heavy atom. The Balaban J connectivity index is 1.63. The third-order valence-electron chi connectivity index (χ3n) is 4.25. The van der Waals surface area contributed by atoms with Crippen LogP contribution in [-0.2, 0) is 4.79 Å². The Kier molecular flexibility index (Phi) is 6.17. The summed E-state index contributed by atoms with van der Waals surface area (Å²) in [5, 5.41) is 9.79. The third-order valence-corrected chi connectivity index (χ3v) is 4.25. The van der Waals surface area contributed by atoms with E-state index < -0.39 is 12.0 Å². The smallest absolute Gasteiger partial charge is 0.490 e. The summed E-state index contributed by atoms with van der Waals surface area (Å²) in [5.74, 6) is 0.130. The van der Waals surface area contributed by atoms with Crippen molar-refractivity contribution in [3.8, 4) is 17.2 Å². The number of amides is 1. The fraction of sp³-hybridized carbons (Fsp3) is 0.318. The highest BCUT2D eigenvalue weighted by Crippen LogP contribution is 2.30. The summed E-state index contributed by atoms with van der Waals surface area (Å²) in [4.78, 5) is 14.2. The summed E-state index contributed by atoms with van der Waals surface area (Å²) >= 11 is 0. The average Bonchev–Trinajstić information content (AvgIpc) is 3.01. The molecule has 0 aliphatic carbocycles. The van der Waals surface area contributed by atoms with E-state index in [9.17, 15) is 23.1 Å². The van der Waals surface area contributed by atoms with Gasteiger partial charge in [-0.2, -0.15) is 0 Å². The predicted octanol–water partition coefficient (Wildman–Crippen LogP) is 4.35. The monoisotopic (exact) mass is 437 g/mol. The maximum atomic E-state index is 12.7. The largest absolute Gasteiger partial charge is 0.573 e. The zero-order chi connectivity index (χ0) is 22.8. The first-order chi connectivity index (χ1) is 14.4. The second-order valence-electron chi connectivity index (χ2n) is 7.66. The molecule has 1 aliphatic rings. The van der Waals surface area contributed by atoms with Crippen LogP contribution in [0.4, 0.5) is 18.9 Å². The first kappa shape index (κ1) is 22.5. The van der Waals surface area contributed by atoms with Gasteiger partial charge in [0, 0.05) is 12.2 Å². The minimum Gasteiger partial charge on any atom is -0.490 e. The number of aryl methyl sites for hydroxylation is 1. The molecule has 1 amide bonds. The van der Waals surface area contributed by atoms with Gasteiger partial charge < -0.3 is 24.2 Å². The van der Waals surface area contributed by atoms with Gasteiger partial charge in [0.15, 0.2) is 5.76 Å². The van der Waals surface area contributed by atoms with Crippen LogP contribution in [0, 0.1) is 6.92 Å². The molecular weight excluding hydrogens is 415 g/mol. The number of halogens is 3. The average molecular weight is 437 g/mol. The summed E-state index contributed by atoms with van der Waals surface area (Å²) in [6.45, 7) is 5.53. The van der Waals surface area contributed by atoms with Crippen molar-refractivity contribution in [1.82, 2.24) is 0 Å². The van der Waals surface area contributed by atoms with Crippen LogP contribution < -0.4 is 19.1 Å². The van der Waals surface area contributed by atoms with Crippen molar-refractivity contribution >= 4 is 11.6 Å². The van der Waals surface area contributed by atoms with Gasteiger partial charge in [-0.05, 0) is 74.9 Å². The van der Waals surface area contributed by atoms with Gasteiger partial charge in [0.1, 0.15) is 23.9 Å². The van der Waals surface area contributed by atoms with Gasteiger partial charge in [-0.1, -0.05) is 0 Å². The Hall–Kier alpha value is -3.20. The van der Waals surface area contributed by atoms with E-state index in [0.717, 1.165) is 17.7 Å². The number of aliphatic hydroxyl groups is 1. The number of alkyl halides is 3. The van der Waals surface area contributed by atoms with E-state index in [2.05, 4.69) is 4.74 Å². The first-order valence-corrected chi connectivity index (χ1v) is 9.43. The summed E-state index contributed by atoms with van der Waals surface area (Å²) in [5.41, 5.74) is 0.467. The van der Waals surface area contributed by atoms with E-state index in [4.69, 9.17) is 9.47 Å². The molecule has 0 aromatic heterocycles. The summed E-state index contributed by atoms with van der Waals surface area (Å²) in [6, 6.07) is 10.0. The summed E-state index contributed by atoms with van der Waals surface area (Å²) in [6.07, 6.45) is -3.18. The van der Waals surface area contributed by atoms with Crippen molar-refractivity contribution in [2.75, 3.05) is 18.1 Å². The minimum atomic E-state index is -4.78. The van der Waals surface area contributed by atoms with Crippen LogP contribution in [-0.4, -0.2) is 36.1 Å². The molecule has 1 aliphatic heterocycles. The lowest BCUT2D eigenvalue weighted by Gasteiger charge is -2.21. The number of ether oxygens (including phenoxy) is 3. The quantitative estimate of drug-likeness (QED) is 0.698. The molecule has 0 radical (unpaired) electrons. The second kappa shape index (κ2) is 8.50. The second-order valence-corrected chi connectivity index (χ2v) is 7.66. The molecule has 0 atom stereocenters. The highest BCUT2D eigenvalue weighted by molar-refractivity contribution is 6.07. The molecule has 0 saturated heterocycles. The van der Waals surface area contributed by atoms with Crippen molar-refractivity contribution in [2.24, 2.45) is 0 Å². The normalized spacial score (nSPS) is 14.5. The minimum absolute atomic E-state index is 0.0736. The van der Waals surface area contributed by atoms with Crippen LogP contribution >= 0.6 is 0 Å². The molecule has 166 valence electrons. The van der Waals surface area contributed by atoms with Crippen LogP contribution in [0.15, 0.2) is 54.3 Å². The summed E-state index contributed by atoms with van der Waals surface area (Å²) in [7, 11) is 0. The number of anilines is 1. The van der Waals surface area contributed by atoms with Crippen molar-refractivity contribution in [2.45, 2.75) is 32.7 Å². The van der Waals surface area contributed by atoms with E-state index in [1.807, 2.05) is 6.92 Å². The van der Waals surface area contributed by atoms with E-state index in [0.29, 0.717) is 11.4 Å². The van der Waals surface area contributed by atoms with Crippen molar-refractivity contribution in [1.29, 1.82) is 0 Å². The zero-order valence-electron chi connectivity index (χ0n) is 17.2. The number of rotatable bonds is 7. The number of carbonyl (C=O) groups is 1. The van der Waals surface area contributed by atoms with Crippen molar-refractivity contribution in [3.05, 3.63) is 59.9 Å². The van der Waals surface area contributed by atoms with Crippen LogP contribution in [0.5, 0.6) is 17.2 Å². The molecule has 0 fully saturated rings. The molecule has 1 heterocycles. The lowest BCUT2D eigenvalue weighted by molar-refractivity contribution is -0.274. The Morgan fingerprint density at radius 2 is 1.71 bits per heavy atom. The van der Waals surface area contributed by atoms with E-state index in [-0.39, 0.29) is 36.3 Å². The Morgan fingerprint density at radius 1 is 1.06 bits per heavy atom. The lowest BCUT2D eigenvalue weighted by Crippen LogP contribution is -2.28. The molecule has 0 spiro atoms. The van der Waals surface area contributed by atoms with Crippen LogP contribution in [0.2, 0.25) is 0 Å². The van der Waals surface area contributed by atoms with Crippen molar-refractivity contribution in [3.63, 3.8) is 0 Å². The predicted molar refractivity (Wildman–Crippen MR) is 107 cm³/mol. The SMILES string of the molecule is Cc1cc(N2CC=C(Oc3ccc(OC(F)(F)F)cc3)C2=O)ccc1OCC(C)(C)O. The lowest BCUT2D eigenvalue weighted by atomic mass is 10.1. The van der Waals surface area contributed by atoms with E-state index in [1.54, 1.807) is 38.1 Å². The van der Waals surface area contributed by atoms with Gasteiger partial charge in [-0.25, -0.2) is 0 Å². The summed E-state index contributed by atoms with van der Waals surface area (Å²) < 4.78 is 51.7. The molecule has 9 heteroatoms. The number of benzene rings is 2. The van der Waals surface area contributed by atoms with Gasteiger partial charge >= 0.3 is 6.36 Å². The molecule has 1 N–H and O–H groups in total. The molecule has 0 bridgehead atoms. The van der Waals surface area contributed by atoms with Gasteiger partial charge in [0.25, 0.3) is 5.91 Å². The molecule has 0 unspecified atom stereocenters. The highest BCUT2D eigenvalue weighted by atomic mass is 19.4. The molecule has 31 heavy (non-hydrogen) atoms. The number of nitrogens with zero attached hydrogens (tertiary/aromatic N) is 1. The van der Waals surface area contributed by atoms with Gasteiger partial charge in [0.05, 0.1) is 5.60 Å². The number of carbonyl (C=O) groups excluding carboxylic acids is 1. The standard InChI is InChI=1S/C22H22F3NO5/c1-14-12-15(4-9-18(14)29-13-21(2,3)28)26-11-10-19(20(26)27)30-16-5-7-17(8-6-16)31-22(23,24)25/h4-10,12,28H,11,13H2,1-3H3. The molecule has 0 saturated carbocycles. The van der Waals surface area contributed by atoms with E-state index in [1.165, 1.54) is 17.0 Å². The van der Waals surface area contributed by atoms with Crippen molar-refractivity contribution < 1.29 is 37.3 Å². The number of hydrogen-bond donors (Lipinski definition) is 1. The van der Waals surface area contributed by atoms with Crippen LogP contribution in [0.25, 0.3) is 0 Å². The topological polar surface area (TPSA) is 68.2 Å². The van der Waals surface area contributed by atoms with Crippen LogP contribution in [0.1, 0.15) is 19.4 Å². The van der Waals surface area contributed by atoms with E-state index >= 15 is 0 Å². The fourth-order valence-corrected chi connectivity index (χ4v) is 2.84. The Bertz CT molecular complexity index is 978. The molecule has 6 nitrogen and oxygen atoms in total. The maximum absolute atomic E-state index is 12.7. The highest BCUT2D eigenvalue weighted by Gasteiger charge is 2.31.